The fourth-order valence-electron chi connectivity index (χ4n) is 3.76. The largest absolute Gasteiger partial charge is 0.497 e. The molecule has 2 aromatic carbocycles. The Labute approximate surface area is 182 Å². The van der Waals surface area contributed by atoms with Crippen LogP contribution in [0.5, 0.6) is 5.75 Å². The number of aryl methyl sites for hydroxylation is 2. The average molecular weight is 418 g/mol. The lowest BCUT2D eigenvalue weighted by Gasteiger charge is -2.28. The molecule has 0 aliphatic carbocycles. The van der Waals surface area contributed by atoms with Crippen LogP contribution in [0.3, 0.4) is 0 Å². The minimum atomic E-state index is -0.0843. The number of hydrogen-bond acceptors (Lipinski definition) is 5. The molecular formula is C24H27N5O2. The molecule has 4 rings (SSSR count). The Bertz CT molecular complexity index is 1060. The molecule has 0 fully saturated rings. The number of rotatable bonds is 5. The van der Waals surface area contributed by atoms with Crippen molar-refractivity contribution in [1.29, 1.82) is 0 Å². The number of aromatic nitrogens is 2. The van der Waals surface area contributed by atoms with Crippen LogP contribution >= 0.6 is 0 Å². The normalized spacial score (nSPS) is 12.8. The van der Waals surface area contributed by atoms with Crippen LogP contribution in [0.25, 0.3) is 0 Å². The number of carbonyl (C=O) groups excluding carboxylic acids is 1. The van der Waals surface area contributed by atoms with Gasteiger partial charge in [-0.3, -0.25) is 0 Å². The van der Waals surface area contributed by atoms with Crippen LogP contribution in [0, 0.1) is 13.8 Å². The van der Waals surface area contributed by atoms with Gasteiger partial charge in [-0.25, -0.2) is 14.8 Å². The minimum absolute atomic E-state index is 0.0843. The van der Waals surface area contributed by atoms with Gasteiger partial charge < -0.3 is 20.3 Å². The molecule has 160 valence electrons. The Morgan fingerprint density at radius 1 is 1.13 bits per heavy atom. The number of nitrogens with zero attached hydrogens (tertiary/aromatic N) is 3. The first-order valence-electron chi connectivity index (χ1n) is 10.4. The summed E-state index contributed by atoms with van der Waals surface area (Å²) in [5.74, 6) is 1.38. The second-order valence-corrected chi connectivity index (χ2v) is 7.85. The maximum atomic E-state index is 12.6. The molecule has 31 heavy (non-hydrogen) atoms. The van der Waals surface area contributed by atoms with Crippen molar-refractivity contribution >= 4 is 17.7 Å². The molecular weight excluding hydrogens is 390 g/mol. The summed E-state index contributed by atoms with van der Waals surface area (Å²) in [6, 6.07) is 13.9. The van der Waals surface area contributed by atoms with E-state index in [0.717, 1.165) is 28.3 Å². The smallest absolute Gasteiger partial charge is 0.317 e. The summed E-state index contributed by atoms with van der Waals surface area (Å²) in [6.07, 6.45) is 2.52. The Kier molecular flexibility index (Phi) is 6.02. The molecule has 0 atom stereocenters. The van der Waals surface area contributed by atoms with Crippen LogP contribution in [-0.4, -0.2) is 34.6 Å². The summed E-state index contributed by atoms with van der Waals surface area (Å²) in [6.45, 7) is 5.75. The molecule has 1 aliphatic rings. The van der Waals surface area contributed by atoms with E-state index >= 15 is 0 Å². The molecule has 0 spiro atoms. The van der Waals surface area contributed by atoms with Crippen molar-refractivity contribution in [1.82, 2.24) is 20.2 Å². The number of amides is 2. The zero-order chi connectivity index (χ0) is 21.8. The molecule has 7 heteroatoms. The van der Waals surface area contributed by atoms with Crippen LogP contribution in [0.15, 0.2) is 48.7 Å². The highest BCUT2D eigenvalue weighted by Gasteiger charge is 2.22. The summed E-state index contributed by atoms with van der Waals surface area (Å²) >= 11 is 0. The number of methoxy groups -OCH3 is 1. The SMILES string of the molecule is COc1ccc(CNC(=O)N2CCc3nc(Nc4cc(C)cc(C)c4)ncc3C2)cc1. The van der Waals surface area contributed by atoms with E-state index in [9.17, 15) is 4.79 Å². The van der Waals surface area contributed by atoms with Crippen molar-refractivity contribution in [3.05, 3.63) is 76.6 Å². The fraction of sp³-hybridized carbons (Fsp3) is 0.292. The molecule has 0 unspecified atom stereocenters. The van der Waals surface area contributed by atoms with E-state index in [0.29, 0.717) is 32.0 Å². The van der Waals surface area contributed by atoms with Crippen molar-refractivity contribution in [2.45, 2.75) is 33.4 Å². The summed E-state index contributed by atoms with van der Waals surface area (Å²) < 4.78 is 5.16. The quantitative estimate of drug-likeness (QED) is 0.653. The topological polar surface area (TPSA) is 79.4 Å². The van der Waals surface area contributed by atoms with Crippen LogP contribution in [0.2, 0.25) is 0 Å². The predicted octanol–water partition coefficient (Wildman–Crippen LogP) is 4.11. The van der Waals surface area contributed by atoms with Crippen molar-refractivity contribution in [2.24, 2.45) is 0 Å². The third-order valence-electron chi connectivity index (χ3n) is 5.30. The molecule has 0 saturated carbocycles. The zero-order valence-electron chi connectivity index (χ0n) is 18.1. The number of fused-ring (bicyclic) bond motifs is 1. The van der Waals surface area contributed by atoms with E-state index in [1.165, 1.54) is 11.1 Å². The third kappa shape index (κ3) is 5.12. The van der Waals surface area contributed by atoms with Crippen molar-refractivity contribution < 1.29 is 9.53 Å². The number of anilines is 2. The van der Waals surface area contributed by atoms with E-state index in [4.69, 9.17) is 4.74 Å². The van der Waals surface area contributed by atoms with Gasteiger partial charge in [0.25, 0.3) is 0 Å². The average Bonchev–Trinajstić information content (AvgIpc) is 2.76. The second-order valence-electron chi connectivity index (χ2n) is 7.85. The summed E-state index contributed by atoms with van der Waals surface area (Å²) in [5, 5.41) is 6.28. The Morgan fingerprint density at radius 2 is 1.87 bits per heavy atom. The molecule has 2 N–H and O–H groups in total. The first kappa shape index (κ1) is 20.7. The molecule has 2 heterocycles. The molecule has 1 aliphatic heterocycles. The lowest BCUT2D eigenvalue weighted by atomic mass is 10.1. The lowest BCUT2D eigenvalue weighted by Crippen LogP contribution is -2.42. The first-order chi connectivity index (χ1) is 15.0. The van der Waals surface area contributed by atoms with Crippen LogP contribution in [0.1, 0.15) is 27.9 Å². The number of urea groups is 1. The van der Waals surface area contributed by atoms with Crippen molar-refractivity contribution in [3.8, 4) is 5.75 Å². The monoisotopic (exact) mass is 417 g/mol. The fourth-order valence-corrected chi connectivity index (χ4v) is 3.76. The highest BCUT2D eigenvalue weighted by atomic mass is 16.5. The summed E-state index contributed by atoms with van der Waals surface area (Å²) in [7, 11) is 1.64. The number of ether oxygens (including phenoxy) is 1. The van der Waals surface area contributed by atoms with E-state index in [2.05, 4.69) is 52.6 Å². The van der Waals surface area contributed by atoms with Gasteiger partial charge in [-0.15, -0.1) is 0 Å². The maximum absolute atomic E-state index is 12.6. The third-order valence-corrected chi connectivity index (χ3v) is 5.30. The van der Waals surface area contributed by atoms with Crippen LogP contribution in [-0.2, 0) is 19.5 Å². The standard InChI is InChI=1S/C24H27N5O2/c1-16-10-17(2)12-20(11-16)27-23-25-14-19-15-29(9-8-22(19)28-23)24(30)26-13-18-4-6-21(31-3)7-5-18/h4-7,10-12,14H,8-9,13,15H2,1-3H3,(H,26,30)(H,25,27,28). The summed E-state index contributed by atoms with van der Waals surface area (Å²) in [4.78, 5) is 23.5. The van der Waals surface area contributed by atoms with Gasteiger partial charge in [-0.05, 0) is 54.8 Å². The molecule has 3 aromatic rings. The van der Waals surface area contributed by atoms with Crippen LogP contribution < -0.4 is 15.4 Å². The maximum Gasteiger partial charge on any atom is 0.317 e. The Hall–Kier alpha value is -3.61. The number of nitrogens with one attached hydrogen (secondary N) is 2. The summed E-state index contributed by atoms with van der Waals surface area (Å²) in [5.41, 5.74) is 6.36. The highest BCUT2D eigenvalue weighted by Crippen LogP contribution is 2.21. The highest BCUT2D eigenvalue weighted by molar-refractivity contribution is 5.74. The molecule has 7 nitrogen and oxygen atoms in total. The number of hydrogen-bond donors (Lipinski definition) is 2. The van der Waals surface area contributed by atoms with Gasteiger partial charge in [-0.2, -0.15) is 0 Å². The predicted molar refractivity (Wildman–Crippen MR) is 121 cm³/mol. The Morgan fingerprint density at radius 3 is 2.58 bits per heavy atom. The van der Waals surface area contributed by atoms with Crippen molar-refractivity contribution in [2.75, 3.05) is 19.0 Å². The zero-order valence-corrected chi connectivity index (χ0v) is 18.1. The van der Waals surface area contributed by atoms with Gasteiger partial charge in [-0.1, -0.05) is 18.2 Å². The molecule has 1 aromatic heterocycles. The van der Waals surface area contributed by atoms with Gasteiger partial charge >= 0.3 is 6.03 Å². The second kappa shape index (κ2) is 9.04. The Balaban J connectivity index is 1.36. The van der Waals surface area contributed by atoms with E-state index < -0.39 is 0 Å². The number of carbonyl (C=O) groups is 1. The molecule has 0 saturated heterocycles. The lowest BCUT2D eigenvalue weighted by molar-refractivity contribution is 0.191. The van der Waals surface area contributed by atoms with Gasteiger partial charge in [0, 0.05) is 37.0 Å². The van der Waals surface area contributed by atoms with Crippen LogP contribution in [0.4, 0.5) is 16.4 Å². The van der Waals surface area contributed by atoms with Gasteiger partial charge in [0.15, 0.2) is 0 Å². The molecule has 0 bridgehead atoms. The van der Waals surface area contributed by atoms with Gasteiger partial charge in [0.1, 0.15) is 5.75 Å². The van der Waals surface area contributed by atoms with E-state index in [-0.39, 0.29) is 6.03 Å². The van der Waals surface area contributed by atoms with Gasteiger partial charge in [0.2, 0.25) is 5.95 Å². The molecule has 2 amide bonds. The van der Waals surface area contributed by atoms with E-state index in [1.54, 1.807) is 12.0 Å². The minimum Gasteiger partial charge on any atom is -0.497 e. The van der Waals surface area contributed by atoms with Gasteiger partial charge in [0.05, 0.1) is 19.3 Å². The number of benzene rings is 2. The van der Waals surface area contributed by atoms with E-state index in [1.807, 2.05) is 30.5 Å². The first-order valence-corrected chi connectivity index (χ1v) is 10.4. The molecule has 0 radical (unpaired) electrons. The van der Waals surface area contributed by atoms with Crippen molar-refractivity contribution in [3.63, 3.8) is 0 Å².